The lowest BCUT2D eigenvalue weighted by molar-refractivity contribution is -0.118. The third kappa shape index (κ3) is 4.84. The van der Waals surface area contributed by atoms with E-state index in [0.717, 1.165) is 34.0 Å². The van der Waals surface area contributed by atoms with Crippen LogP contribution < -0.4 is 14.8 Å². The molecule has 3 nitrogen and oxygen atoms in total. The summed E-state index contributed by atoms with van der Waals surface area (Å²) in [7, 11) is 0. The van der Waals surface area contributed by atoms with E-state index in [1.807, 2.05) is 6.92 Å². The lowest BCUT2D eigenvalue weighted by Gasteiger charge is -2.65. The number of benzene rings is 2. The third-order valence-corrected chi connectivity index (χ3v) is 8.95. The zero-order valence-electron chi connectivity index (χ0n) is 20.6. The number of aryl methyl sites for hydroxylation is 1. The number of hydrogen-bond acceptors (Lipinski definition) is 3. The number of rotatable bonds is 8. The van der Waals surface area contributed by atoms with Crippen molar-refractivity contribution in [1.82, 2.24) is 5.32 Å². The summed E-state index contributed by atoms with van der Waals surface area (Å²) < 4.78 is 13.3. The molecule has 0 spiro atoms. The maximum Gasteiger partial charge on any atom is 0.162 e. The van der Waals surface area contributed by atoms with Crippen LogP contribution in [0.4, 0.5) is 0 Å². The lowest BCUT2D eigenvalue weighted by atomic mass is 9.43. The quantitative estimate of drug-likeness (QED) is 0.396. The fraction of sp³-hybridized carbons (Fsp3) is 0.586. The van der Waals surface area contributed by atoms with Gasteiger partial charge in [-0.15, -0.1) is 0 Å². The lowest BCUT2D eigenvalue weighted by Crippen LogP contribution is -2.63. The van der Waals surface area contributed by atoms with Crippen molar-refractivity contribution < 1.29 is 9.47 Å². The Bertz CT molecular complexity index is 999. The molecule has 0 radical (unpaired) electrons. The van der Waals surface area contributed by atoms with Crippen LogP contribution in [0.15, 0.2) is 40.9 Å². The first kappa shape index (κ1) is 23.2. The first-order valence-electron chi connectivity index (χ1n) is 12.6. The van der Waals surface area contributed by atoms with Crippen LogP contribution in [0.5, 0.6) is 11.5 Å². The molecule has 2 aromatic rings. The fourth-order valence-corrected chi connectivity index (χ4v) is 8.33. The SMILES string of the molecule is CCOc1cc(CNC23CC4CC(C)(CC(C)(C4)C2)C3)c(Br)cc1OCc1ccc(C)cc1. The van der Waals surface area contributed by atoms with Gasteiger partial charge in [-0.1, -0.05) is 59.6 Å². The molecule has 2 atom stereocenters. The Morgan fingerprint density at radius 3 is 2.24 bits per heavy atom. The third-order valence-electron chi connectivity index (χ3n) is 8.21. The van der Waals surface area contributed by atoms with E-state index in [2.05, 4.69) is 78.4 Å². The average Bonchev–Trinajstić information content (AvgIpc) is 2.71. The minimum Gasteiger partial charge on any atom is -0.490 e. The summed E-state index contributed by atoms with van der Waals surface area (Å²) in [5.41, 5.74) is 4.98. The predicted octanol–water partition coefficient (Wildman–Crippen LogP) is 7.57. The van der Waals surface area contributed by atoms with Crippen LogP contribution in [0.3, 0.4) is 0 Å². The molecule has 33 heavy (non-hydrogen) atoms. The second-order valence-corrected chi connectivity index (χ2v) is 12.7. The molecule has 4 fully saturated rings. The van der Waals surface area contributed by atoms with Crippen LogP contribution >= 0.6 is 15.9 Å². The van der Waals surface area contributed by atoms with Gasteiger partial charge in [0.05, 0.1) is 6.61 Å². The van der Waals surface area contributed by atoms with Gasteiger partial charge in [-0.2, -0.15) is 0 Å². The normalized spacial score (nSPS) is 32.2. The van der Waals surface area contributed by atoms with Gasteiger partial charge >= 0.3 is 0 Å². The minimum absolute atomic E-state index is 0.286. The second kappa shape index (κ2) is 8.61. The van der Waals surface area contributed by atoms with Crippen LogP contribution in [-0.2, 0) is 13.2 Å². The van der Waals surface area contributed by atoms with E-state index in [4.69, 9.17) is 9.47 Å². The highest BCUT2D eigenvalue weighted by atomic mass is 79.9. The molecule has 0 aliphatic heterocycles. The van der Waals surface area contributed by atoms with E-state index >= 15 is 0 Å². The van der Waals surface area contributed by atoms with E-state index in [1.54, 1.807) is 0 Å². The number of ether oxygens (including phenoxy) is 2. The van der Waals surface area contributed by atoms with Gasteiger partial charge in [-0.3, -0.25) is 0 Å². The Labute approximate surface area is 207 Å². The van der Waals surface area contributed by atoms with E-state index in [9.17, 15) is 0 Å². The Hall–Kier alpha value is -1.52. The molecule has 4 aliphatic carbocycles. The van der Waals surface area contributed by atoms with Gasteiger partial charge in [-0.25, -0.2) is 0 Å². The molecule has 0 saturated heterocycles. The summed E-state index contributed by atoms with van der Waals surface area (Å²) in [6.45, 7) is 11.2. The molecule has 0 heterocycles. The van der Waals surface area contributed by atoms with Crippen LogP contribution in [-0.4, -0.2) is 12.1 Å². The largest absolute Gasteiger partial charge is 0.490 e. The molecule has 4 saturated carbocycles. The summed E-state index contributed by atoms with van der Waals surface area (Å²) in [5.74, 6) is 2.51. The van der Waals surface area contributed by atoms with Gasteiger partial charge in [0, 0.05) is 16.6 Å². The zero-order chi connectivity index (χ0) is 23.3. The van der Waals surface area contributed by atoms with Gasteiger partial charge in [0.2, 0.25) is 0 Å². The van der Waals surface area contributed by atoms with Crippen LogP contribution in [0.25, 0.3) is 0 Å². The summed E-state index contributed by atoms with van der Waals surface area (Å²) >= 11 is 3.82. The van der Waals surface area contributed by atoms with Crippen molar-refractivity contribution in [2.45, 2.75) is 84.9 Å². The Kier molecular flexibility index (Phi) is 6.06. The standard InChI is InChI=1S/C29H38BrNO2/c1-5-32-25-10-23(24(30)11-26(25)33-16-21-8-6-20(2)7-9-21)15-31-29-14-22-12-27(3,18-29)17-28(4,13-22)19-29/h6-11,22,31H,5,12-19H2,1-4H3. The highest BCUT2D eigenvalue weighted by molar-refractivity contribution is 9.10. The highest BCUT2D eigenvalue weighted by Gasteiger charge is 2.59. The van der Waals surface area contributed by atoms with Gasteiger partial charge < -0.3 is 14.8 Å². The molecule has 0 amide bonds. The fourth-order valence-electron chi connectivity index (χ4n) is 7.87. The molecule has 1 N–H and O–H groups in total. The van der Waals surface area contributed by atoms with Crippen molar-refractivity contribution >= 4 is 15.9 Å². The minimum atomic E-state index is 0.286. The van der Waals surface area contributed by atoms with Crippen molar-refractivity contribution in [3.63, 3.8) is 0 Å². The van der Waals surface area contributed by atoms with Gasteiger partial charge in [0.25, 0.3) is 0 Å². The summed E-state index contributed by atoms with van der Waals surface area (Å²) in [5, 5.41) is 4.06. The highest BCUT2D eigenvalue weighted by Crippen LogP contribution is 2.66. The van der Waals surface area contributed by atoms with Crippen molar-refractivity contribution in [1.29, 1.82) is 0 Å². The zero-order valence-corrected chi connectivity index (χ0v) is 22.2. The Morgan fingerprint density at radius 1 is 0.939 bits per heavy atom. The molecule has 6 rings (SSSR count). The molecule has 178 valence electrons. The molecule has 4 aliphatic rings. The van der Waals surface area contributed by atoms with Gasteiger partial charge in [0.15, 0.2) is 11.5 Å². The number of hydrogen-bond donors (Lipinski definition) is 1. The van der Waals surface area contributed by atoms with E-state index in [-0.39, 0.29) is 5.54 Å². The van der Waals surface area contributed by atoms with Crippen LogP contribution in [0, 0.1) is 23.7 Å². The predicted molar refractivity (Wildman–Crippen MR) is 138 cm³/mol. The molecule has 4 heteroatoms. The van der Waals surface area contributed by atoms with E-state index in [1.165, 1.54) is 49.7 Å². The van der Waals surface area contributed by atoms with Crippen molar-refractivity contribution in [2.75, 3.05) is 6.61 Å². The van der Waals surface area contributed by atoms with Crippen molar-refractivity contribution in [3.8, 4) is 11.5 Å². The number of nitrogens with one attached hydrogen (secondary N) is 1. The summed E-state index contributed by atoms with van der Waals surface area (Å²) in [4.78, 5) is 0. The Balaban J connectivity index is 1.31. The van der Waals surface area contributed by atoms with Gasteiger partial charge in [0.1, 0.15) is 6.61 Å². The van der Waals surface area contributed by atoms with Gasteiger partial charge in [-0.05, 0) is 92.4 Å². The van der Waals surface area contributed by atoms with Crippen LogP contribution in [0.2, 0.25) is 0 Å². The molecular formula is C29H38BrNO2. The molecular weight excluding hydrogens is 474 g/mol. The molecule has 0 aromatic heterocycles. The topological polar surface area (TPSA) is 30.5 Å². The molecule has 2 aromatic carbocycles. The summed E-state index contributed by atoms with van der Waals surface area (Å²) in [6, 6.07) is 12.7. The monoisotopic (exact) mass is 511 g/mol. The maximum atomic E-state index is 6.18. The van der Waals surface area contributed by atoms with Crippen molar-refractivity contribution in [3.05, 3.63) is 57.6 Å². The first-order valence-corrected chi connectivity index (χ1v) is 13.4. The van der Waals surface area contributed by atoms with E-state index in [0.29, 0.717) is 24.0 Å². The maximum absolute atomic E-state index is 6.18. The first-order chi connectivity index (χ1) is 15.7. The smallest absolute Gasteiger partial charge is 0.162 e. The van der Waals surface area contributed by atoms with Crippen molar-refractivity contribution in [2.24, 2.45) is 16.7 Å². The summed E-state index contributed by atoms with van der Waals surface area (Å²) in [6.07, 6.45) is 8.24. The van der Waals surface area contributed by atoms with Crippen LogP contribution in [0.1, 0.15) is 76.0 Å². The Morgan fingerprint density at radius 2 is 1.61 bits per heavy atom. The van der Waals surface area contributed by atoms with E-state index < -0.39 is 0 Å². The number of halogens is 1. The molecule has 4 bridgehead atoms. The average molecular weight is 513 g/mol. The second-order valence-electron chi connectivity index (χ2n) is 11.9. The molecule has 2 unspecified atom stereocenters.